The Balaban J connectivity index is 2.67. The van der Waals surface area contributed by atoms with Gasteiger partial charge in [0.05, 0.1) is 6.04 Å². The smallest absolute Gasteiger partial charge is 0.407 e. The van der Waals surface area contributed by atoms with Gasteiger partial charge in [-0.15, -0.1) is 0 Å². The summed E-state index contributed by atoms with van der Waals surface area (Å²) in [6.07, 6.45) is 2.71. The molecule has 0 saturated heterocycles. The predicted molar refractivity (Wildman–Crippen MR) is 108 cm³/mol. The quantitative estimate of drug-likeness (QED) is 0.438. The van der Waals surface area contributed by atoms with Gasteiger partial charge < -0.3 is 25.6 Å². The Hall–Kier alpha value is -1.99. The van der Waals surface area contributed by atoms with E-state index in [9.17, 15) is 9.59 Å². The van der Waals surface area contributed by atoms with Crippen LogP contribution in [0.4, 0.5) is 4.79 Å². The zero-order valence-electron chi connectivity index (χ0n) is 17.9. The summed E-state index contributed by atoms with van der Waals surface area (Å²) in [6.45, 7) is 10.3. The number of alkyl carbamates (subject to hydrolysis) is 1. The van der Waals surface area contributed by atoms with Crippen LogP contribution in [0.3, 0.4) is 0 Å². The zero-order valence-corrected chi connectivity index (χ0v) is 17.9. The van der Waals surface area contributed by atoms with Crippen molar-refractivity contribution in [2.45, 2.75) is 71.6 Å². The van der Waals surface area contributed by atoms with Crippen LogP contribution >= 0.6 is 0 Å². The first kappa shape index (κ1) is 23.0. The fraction of sp³-hybridized carbons (Fsp3) is 0.842. The summed E-state index contributed by atoms with van der Waals surface area (Å²) in [5.41, 5.74) is -0.525. The molecule has 0 aromatic heterocycles. The maximum Gasteiger partial charge on any atom is 0.407 e. The number of carbonyl (C=O) groups excluding carboxylic acids is 2. The Morgan fingerprint density at radius 3 is 2.33 bits per heavy atom. The lowest BCUT2D eigenvalue weighted by Crippen LogP contribution is -2.50. The Labute approximate surface area is 163 Å². The van der Waals surface area contributed by atoms with Gasteiger partial charge in [0.2, 0.25) is 5.91 Å². The molecule has 0 aromatic rings. The highest BCUT2D eigenvalue weighted by Crippen LogP contribution is 2.32. The number of aliphatic imine (C=N–C) groups is 1. The van der Waals surface area contributed by atoms with E-state index >= 15 is 0 Å². The Morgan fingerprint density at radius 1 is 1.22 bits per heavy atom. The first-order valence-corrected chi connectivity index (χ1v) is 9.76. The molecule has 1 aliphatic rings. The molecule has 2 amide bonds. The average Bonchev–Trinajstić information content (AvgIpc) is 3.38. The minimum Gasteiger partial charge on any atom is -0.444 e. The molecule has 0 radical (unpaired) electrons. The minimum atomic E-state index is -0.525. The second-order valence-corrected chi connectivity index (χ2v) is 8.38. The molecule has 8 nitrogen and oxygen atoms in total. The van der Waals surface area contributed by atoms with Gasteiger partial charge in [0.1, 0.15) is 12.1 Å². The Bertz CT molecular complexity index is 524. The Morgan fingerprint density at radius 2 is 1.85 bits per heavy atom. The molecule has 0 spiro atoms. The third kappa shape index (κ3) is 10.1. The van der Waals surface area contributed by atoms with Crippen molar-refractivity contribution < 1.29 is 14.3 Å². The van der Waals surface area contributed by atoms with Gasteiger partial charge in [0.15, 0.2) is 5.96 Å². The van der Waals surface area contributed by atoms with Gasteiger partial charge in [-0.25, -0.2) is 9.79 Å². The van der Waals surface area contributed by atoms with Crippen LogP contribution < -0.4 is 16.0 Å². The van der Waals surface area contributed by atoms with E-state index in [1.807, 2.05) is 20.8 Å². The topological polar surface area (TPSA) is 95.1 Å². The molecule has 2 atom stereocenters. The number of guanidine groups is 1. The summed E-state index contributed by atoms with van der Waals surface area (Å²) < 4.78 is 5.37. The van der Waals surface area contributed by atoms with E-state index in [0.717, 1.165) is 19.3 Å². The highest BCUT2D eigenvalue weighted by molar-refractivity contribution is 5.85. The van der Waals surface area contributed by atoms with Crippen LogP contribution in [0, 0.1) is 5.92 Å². The lowest BCUT2D eigenvalue weighted by Gasteiger charge is -2.25. The highest BCUT2D eigenvalue weighted by atomic mass is 16.6. The molecular formula is C19H37N5O3. The second kappa shape index (κ2) is 10.4. The molecule has 1 rings (SSSR count). The zero-order chi connectivity index (χ0) is 20.6. The normalized spacial score (nSPS) is 16.9. The SMILES string of the molecule is CCC(C)NC(=NCC(=O)N(C)C)NCC(NC(=O)OC(C)(C)C)C1CC1. The molecule has 1 aliphatic carbocycles. The van der Waals surface area contributed by atoms with Crippen LogP contribution in [0.5, 0.6) is 0 Å². The number of rotatable bonds is 8. The van der Waals surface area contributed by atoms with Gasteiger partial charge in [-0.3, -0.25) is 4.79 Å². The highest BCUT2D eigenvalue weighted by Gasteiger charge is 2.33. The first-order valence-electron chi connectivity index (χ1n) is 9.76. The molecule has 8 heteroatoms. The van der Waals surface area contributed by atoms with Gasteiger partial charge in [-0.2, -0.15) is 0 Å². The molecule has 1 saturated carbocycles. The number of nitrogens with zero attached hydrogens (tertiary/aromatic N) is 2. The third-order valence-electron chi connectivity index (χ3n) is 4.25. The van der Waals surface area contributed by atoms with Gasteiger partial charge in [-0.05, 0) is 52.9 Å². The molecule has 3 N–H and O–H groups in total. The van der Waals surface area contributed by atoms with E-state index < -0.39 is 11.7 Å². The van der Waals surface area contributed by atoms with E-state index in [0.29, 0.717) is 18.4 Å². The van der Waals surface area contributed by atoms with E-state index in [1.165, 1.54) is 4.90 Å². The van der Waals surface area contributed by atoms with Crippen molar-refractivity contribution >= 4 is 18.0 Å². The number of ether oxygens (including phenoxy) is 1. The monoisotopic (exact) mass is 383 g/mol. The van der Waals surface area contributed by atoms with E-state index in [-0.39, 0.29) is 24.5 Å². The van der Waals surface area contributed by atoms with Crippen LogP contribution in [0.1, 0.15) is 53.9 Å². The largest absolute Gasteiger partial charge is 0.444 e. The maximum absolute atomic E-state index is 12.1. The molecule has 27 heavy (non-hydrogen) atoms. The molecule has 0 aliphatic heterocycles. The average molecular weight is 384 g/mol. The molecule has 156 valence electrons. The van der Waals surface area contributed by atoms with Crippen LogP contribution in [0.2, 0.25) is 0 Å². The lowest BCUT2D eigenvalue weighted by molar-refractivity contribution is -0.127. The summed E-state index contributed by atoms with van der Waals surface area (Å²) in [6, 6.07) is 0.192. The van der Waals surface area contributed by atoms with Crippen molar-refractivity contribution in [2.75, 3.05) is 27.2 Å². The second-order valence-electron chi connectivity index (χ2n) is 8.38. The standard InChI is InChI=1S/C19H37N5O3/c1-8-13(2)22-17(21-12-16(25)24(6)7)20-11-15(14-9-10-14)23-18(26)27-19(3,4)5/h13-15H,8-12H2,1-7H3,(H,23,26)(H2,20,21,22). The van der Waals surface area contributed by atoms with Crippen molar-refractivity contribution in [3.05, 3.63) is 0 Å². The molecule has 2 unspecified atom stereocenters. The van der Waals surface area contributed by atoms with Crippen LogP contribution in [-0.4, -0.2) is 67.7 Å². The fourth-order valence-corrected chi connectivity index (χ4v) is 2.28. The summed E-state index contributed by atoms with van der Waals surface area (Å²) in [7, 11) is 3.42. The predicted octanol–water partition coefficient (Wildman–Crippen LogP) is 1.71. The third-order valence-corrected chi connectivity index (χ3v) is 4.25. The number of amides is 2. The van der Waals surface area contributed by atoms with Crippen molar-refractivity contribution in [1.29, 1.82) is 0 Å². The molecule has 1 fully saturated rings. The van der Waals surface area contributed by atoms with E-state index in [2.05, 4.69) is 34.8 Å². The first-order chi connectivity index (χ1) is 12.5. The molecule has 0 aromatic carbocycles. The number of likely N-dealkylation sites (N-methyl/N-ethyl adjacent to an activating group) is 1. The van der Waals surface area contributed by atoms with Gasteiger partial charge in [0.25, 0.3) is 0 Å². The summed E-state index contributed by atoms with van der Waals surface area (Å²) in [4.78, 5) is 29.8. The summed E-state index contributed by atoms with van der Waals surface area (Å²) >= 11 is 0. The van der Waals surface area contributed by atoms with Gasteiger partial charge in [-0.1, -0.05) is 6.92 Å². The minimum absolute atomic E-state index is 0.0340. The molecule has 0 heterocycles. The summed E-state index contributed by atoms with van der Waals surface area (Å²) in [5.74, 6) is 0.959. The van der Waals surface area contributed by atoms with E-state index in [1.54, 1.807) is 14.1 Å². The maximum atomic E-state index is 12.1. The number of hydrogen-bond acceptors (Lipinski definition) is 4. The fourth-order valence-electron chi connectivity index (χ4n) is 2.28. The van der Waals surface area contributed by atoms with Crippen LogP contribution in [0.15, 0.2) is 4.99 Å². The molecule has 0 bridgehead atoms. The van der Waals surface area contributed by atoms with Gasteiger partial charge in [0, 0.05) is 26.7 Å². The lowest BCUT2D eigenvalue weighted by atomic mass is 10.2. The van der Waals surface area contributed by atoms with Crippen molar-refractivity contribution in [3.63, 3.8) is 0 Å². The molecular weight excluding hydrogens is 346 g/mol. The van der Waals surface area contributed by atoms with Gasteiger partial charge >= 0.3 is 6.09 Å². The number of nitrogens with one attached hydrogen (secondary N) is 3. The van der Waals surface area contributed by atoms with Crippen molar-refractivity contribution in [3.8, 4) is 0 Å². The number of carbonyl (C=O) groups is 2. The van der Waals surface area contributed by atoms with Crippen molar-refractivity contribution in [2.24, 2.45) is 10.9 Å². The Kier molecular flexibility index (Phi) is 8.85. The van der Waals surface area contributed by atoms with E-state index in [4.69, 9.17) is 4.74 Å². The van der Waals surface area contributed by atoms with Crippen molar-refractivity contribution in [1.82, 2.24) is 20.9 Å². The summed E-state index contributed by atoms with van der Waals surface area (Å²) in [5, 5.41) is 9.52. The van der Waals surface area contributed by atoms with Crippen LogP contribution in [0.25, 0.3) is 0 Å². The van der Waals surface area contributed by atoms with Crippen LogP contribution in [-0.2, 0) is 9.53 Å². The number of hydrogen-bond donors (Lipinski definition) is 3.